The van der Waals surface area contributed by atoms with Crippen molar-refractivity contribution in [2.75, 3.05) is 13.2 Å². The number of nitrogens with zero attached hydrogens (tertiary/aromatic N) is 2. The van der Waals surface area contributed by atoms with Gasteiger partial charge in [0.2, 0.25) is 0 Å². The lowest BCUT2D eigenvalue weighted by atomic mass is 10.1. The van der Waals surface area contributed by atoms with Crippen LogP contribution >= 0.6 is 12.2 Å². The number of rotatable bonds is 1. The van der Waals surface area contributed by atoms with Crippen molar-refractivity contribution in [2.45, 2.75) is 18.9 Å². The highest BCUT2D eigenvalue weighted by atomic mass is 32.1. The van der Waals surface area contributed by atoms with Crippen molar-refractivity contribution in [3.63, 3.8) is 0 Å². The first-order valence-electron chi connectivity index (χ1n) is 4.07. The first kappa shape index (κ1) is 7.94. The highest BCUT2D eigenvalue weighted by Crippen LogP contribution is 2.19. The minimum absolute atomic E-state index is 0.477. The Kier molecular flexibility index (Phi) is 2.23. The van der Waals surface area contributed by atoms with Gasteiger partial charge in [0.15, 0.2) is 4.77 Å². The molecule has 0 aromatic carbocycles. The minimum atomic E-state index is 0.477. The molecule has 0 unspecified atom stereocenters. The van der Waals surface area contributed by atoms with Gasteiger partial charge < -0.3 is 9.30 Å². The molecule has 0 atom stereocenters. The summed E-state index contributed by atoms with van der Waals surface area (Å²) in [6, 6.07) is 0.477. The van der Waals surface area contributed by atoms with Gasteiger partial charge in [0, 0.05) is 19.3 Å². The van der Waals surface area contributed by atoms with Crippen molar-refractivity contribution in [3.05, 3.63) is 11.1 Å². The van der Waals surface area contributed by atoms with Gasteiger partial charge >= 0.3 is 0 Å². The Morgan fingerprint density at radius 1 is 1.58 bits per heavy atom. The molecule has 1 saturated heterocycles. The Morgan fingerprint density at radius 2 is 2.33 bits per heavy atom. The number of hydrogen-bond acceptors (Lipinski definition) is 3. The highest BCUT2D eigenvalue weighted by Gasteiger charge is 2.15. The average molecular weight is 185 g/mol. The van der Waals surface area contributed by atoms with Crippen LogP contribution in [0, 0.1) is 4.77 Å². The largest absolute Gasteiger partial charge is 0.381 e. The minimum Gasteiger partial charge on any atom is -0.381 e. The molecule has 1 fully saturated rings. The smallest absolute Gasteiger partial charge is 0.195 e. The highest BCUT2D eigenvalue weighted by molar-refractivity contribution is 7.71. The predicted molar refractivity (Wildman–Crippen MR) is 46.5 cm³/mol. The maximum atomic E-state index is 5.26. The van der Waals surface area contributed by atoms with E-state index in [1.807, 2.05) is 4.57 Å². The van der Waals surface area contributed by atoms with E-state index in [0.717, 1.165) is 26.1 Å². The summed E-state index contributed by atoms with van der Waals surface area (Å²) in [6.07, 6.45) is 3.83. The molecule has 0 spiro atoms. The molecule has 2 heterocycles. The number of nitrogens with one attached hydrogen (secondary N) is 1. The second kappa shape index (κ2) is 3.37. The number of hydrogen-bond donors (Lipinski definition) is 1. The molecule has 66 valence electrons. The van der Waals surface area contributed by atoms with Crippen molar-refractivity contribution in [3.8, 4) is 0 Å². The quantitative estimate of drug-likeness (QED) is 0.670. The van der Waals surface area contributed by atoms with Gasteiger partial charge in [0.05, 0.1) is 0 Å². The number of ether oxygens (including phenoxy) is 1. The molecule has 0 aliphatic carbocycles. The van der Waals surface area contributed by atoms with Crippen LogP contribution in [0.3, 0.4) is 0 Å². The van der Waals surface area contributed by atoms with E-state index in [-0.39, 0.29) is 0 Å². The number of aromatic amines is 1. The summed E-state index contributed by atoms with van der Waals surface area (Å²) in [6.45, 7) is 1.66. The Balaban J connectivity index is 2.18. The van der Waals surface area contributed by atoms with Crippen molar-refractivity contribution >= 4 is 12.2 Å². The maximum Gasteiger partial charge on any atom is 0.195 e. The molecule has 0 amide bonds. The van der Waals surface area contributed by atoms with E-state index < -0.39 is 0 Å². The van der Waals surface area contributed by atoms with Crippen molar-refractivity contribution in [1.82, 2.24) is 14.8 Å². The molecule has 1 aliphatic heterocycles. The van der Waals surface area contributed by atoms with Gasteiger partial charge in [-0.05, 0) is 25.1 Å². The molecular formula is C7H11N3OS. The predicted octanol–water partition coefficient (Wildman–Crippen LogP) is 1.29. The van der Waals surface area contributed by atoms with Gasteiger partial charge in [0.1, 0.15) is 6.33 Å². The van der Waals surface area contributed by atoms with Gasteiger partial charge in [-0.1, -0.05) is 0 Å². The Morgan fingerprint density at radius 3 is 2.92 bits per heavy atom. The zero-order valence-corrected chi connectivity index (χ0v) is 7.51. The zero-order chi connectivity index (χ0) is 8.39. The maximum absolute atomic E-state index is 5.26. The Labute approximate surface area is 75.5 Å². The van der Waals surface area contributed by atoms with Crippen LogP contribution in [-0.2, 0) is 4.74 Å². The van der Waals surface area contributed by atoms with Crippen molar-refractivity contribution in [1.29, 1.82) is 0 Å². The van der Waals surface area contributed by atoms with E-state index in [4.69, 9.17) is 17.0 Å². The van der Waals surface area contributed by atoms with Crippen LogP contribution in [-0.4, -0.2) is 28.0 Å². The fourth-order valence-corrected chi connectivity index (χ4v) is 1.73. The summed E-state index contributed by atoms with van der Waals surface area (Å²) in [5.41, 5.74) is 0. The van der Waals surface area contributed by atoms with Crippen molar-refractivity contribution < 1.29 is 4.74 Å². The Bertz CT molecular complexity index is 300. The molecule has 2 rings (SSSR count). The van der Waals surface area contributed by atoms with Gasteiger partial charge in [-0.15, -0.1) is 0 Å². The summed E-state index contributed by atoms with van der Waals surface area (Å²) in [5, 5.41) is 6.64. The van der Waals surface area contributed by atoms with Crippen LogP contribution in [0.15, 0.2) is 6.33 Å². The zero-order valence-electron chi connectivity index (χ0n) is 6.69. The SMILES string of the molecule is S=c1[nH]ncn1C1CCOCC1. The van der Waals surface area contributed by atoms with E-state index in [9.17, 15) is 0 Å². The van der Waals surface area contributed by atoms with Crippen LogP contribution < -0.4 is 0 Å². The average Bonchev–Trinajstić information content (AvgIpc) is 2.53. The fraction of sp³-hybridized carbons (Fsp3) is 0.714. The van der Waals surface area contributed by atoms with Crippen molar-refractivity contribution in [2.24, 2.45) is 0 Å². The van der Waals surface area contributed by atoms with Gasteiger partial charge in [-0.3, -0.25) is 5.10 Å². The van der Waals surface area contributed by atoms with Crippen LogP contribution in [0.1, 0.15) is 18.9 Å². The topological polar surface area (TPSA) is 42.8 Å². The summed E-state index contributed by atoms with van der Waals surface area (Å²) in [5.74, 6) is 0. The third kappa shape index (κ3) is 1.42. The summed E-state index contributed by atoms with van der Waals surface area (Å²) < 4.78 is 7.98. The Hall–Kier alpha value is -0.680. The van der Waals surface area contributed by atoms with E-state index in [1.165, 1.54) is 0 Å². The van der Waals surface area contributed by atoms with E-state index in [0.29, 0.717) is 10.8 Å². The molecule has 12 heavy (non-hydrogen) atoms. The normalized spacial score (nSPS) is 19.7. The molecule has 1 N–H and O–H groups in total. The first-order chi connectivity index (χ1) is 5.88. The third-order valence-corrected chi connectivity index (χ3v) is 2.46. The van der Waals surface area contributed by atoms with E-state index >= 15 is 0 Å². The monoisotopic (exact) mass is 185 g/mol. The molecule has 1 aromatic rings. The molecular weight excluding hydrogens is 174 g/mol. The second-order valence-electron chi connectivity index (χ2n) is 2.91. The lowest BCUT2D eigenvalue weighted by Gasteiger charge is -2.22. The van der Waals surface area contributed by atoms with Gasteiger partial charge in [-0.2, -0.15) is 5.10 Å². The van der Waals surface area contributed by atoms with Gasteiger partial charge in [0.25, 0.3) is 0 Å². The van der Waals surface area contributed by atoms with Crippen LogP contribution in [0.4, 0.5) is 0 Å². The fourth-order valence-electron chi connectivity index (χ4n) is 1.48. The third-order valence-electron chi connectivity index (χ3n) is 2.16. The molecule has 1 aliphatic rings. The second-order valence-corrected chi connectivity index (χ2v) is 3.30. The molecule has 0 bridgehead atoms. The lowest BCUT2D eigenvalue weighted by molar-refractivity contribution is 0.0691. The van der Waals surface area contributed by atoms with Crippen LogP contribution in [0.25, 0.3) is 0 Å². The standard InChI is InChI=1S/C7H11N3OS/c12-7-9-8-5-10(7)6-1-3-11-4-2-6/h5-6H,1-4H2,(H,9,12). The summed E-state index contributed by atoms with van der Waals surface area (Å²) in [4.78, 5) is 0. The first-order valence-corrected chi connectivity index (χ1v) is 4.48. The molecule has 0 saturated carbocycles. The number of H-pyrrole nitrogens is 1. The molecule has 4 nitrogen and oxygen atoms in total. The summed E-state index contributed by atoms with van der Waals surface area (Å²) >= 11 is 5.07. The van der Waals surface area contributed by atoms with Crippen LogP contribution in [0.5, 0.6) is 0 Å². The summed E-state index contributed by atoms with van der Waals surface area (Å²) in [7, 11) is 0. The van der Waals surface area contributed by atoms with Gasteiger partial charge in [-0.25, -0.2) is 0 Å². The molecule has 1 aromatic heterocycles. The van der Waals surface area contributed by atoms with E-state index in [1.54, 1.807) is 6.33 Å². The lowest BCUT2D eigenvalue weighted by Crippen LogP contribution is -2.19. The molecule has 0 radical (unpaired) electrons. The number of aromatic nitrogens is 3. The van der Waals surface area contributed by atoms with Crippen LogP contribution in [0.2, 0.25) is 0 Å². The van der Waals surface area contributed by atoms with E-state index in [2.05, 4.69) is 10.2 Å². The molecule has 5 heteroatoms.